The van der Waals surface area contributed by atoms with Crippen molar-refractivity contribution in [3.8, 4) is 5.88 Å². The van der Waals surface area contributed by atoms with Crippen molar-refractivity contribution in [2.75, 3.05) is 18.2 Å². The Hall–Kier alpha value is -1.52. The molecule has 0 fully saturated rings. The number of nitrogens with one attached hydrogen (secondary N) is 1. The number of anilines is 2. The SMILES string of the molecule is COc1ncnc(NC(C)(C)CC(C)(C)C)c1N. The number of nitrogens with two attached hydrogens (primary N) is 1. The van der Waals surface area contributed by atoms with Gasteiger partial charge in [-0.05, 0) is 25.7 Å². The van der Waals surface area contributed by atoms with Gasteiger partial charge >= 0.3 is 0 Å². The Morgan fingerprint density at radius 1 is 1.22 bits per heavy atom. The van der Waals surface area contributed by atoms with E-state index in [1.807, 2.05) is 0 Å². The summed E-state index contributed by atoms with van der Waals surface area (Å²) in [7, 11) is 1.54. The van der Waals surface area contributed by atoms with Crippen LogP contribution in [0, 0.1) is 5.41 Å². The van der Waals surface area contributed by atoms with Gasteiger partial charge < -0.3 is 15.8 Å². The summed E-state index contributed by atoms with van der Waals surface area (Å²) < 4.78 is 5.08. The van der Waals surface area contributed by atoms with Crippen molar-refractivity contribution in [1.29, 1.82) is 0 Å². The van der Waals surface area contributed by atoms with E-state index in [0.29, 0.717) is 17.4 Å². The summed E-state index contributed by atoms with van der Waals surface area (Å²) >= 11 is 0. The summed E-state index contributed by atoms with van der Waals surface area (Å²) in [5.74, 6) is 1.02. The zero-order valence-electron chi connectivity index (χ0n) is 12.2. The summed E-state index contributed by atoms with van der Waals surface area (Å²) in [6, 6.07) is 0. The molecule has 0 amide bonds. The lowest BCUT2D eigenvalue weighted by molar-refractivity contribution is 0.302. The summed E-state index contributed by atoms with van der Waals surface area (Å²) in [5.41, 5.74) is 6.52. The van der Waals surface area contributed by atoms with Gasteiger partial charge in [0.15, 0.2) is 5.82 Å². The van der Waals surface area contributed by atoms with Gasteiger partial charge in [0, 0.05) is 5.54 Å². The predicted molar refractivity (Wildman–Crippen MR) is 74.8 cm³/mol. The van der Waals surface area contributed by atoms with E-state index >= 15 is 0 Å². The van der Waals surface area contributed by atoms with E-state index in [2.05, 4.69) is 49.9 Å². The average molecular weight is 252 g/mol. The van der Waals surface area contributed by atoms with Crippen molar-refractivity contribution < 1.29 is 4.74 Å². The topological polar surface area (TPSA) is 73.1 Å². The predicted octanol–water partition coefficient (Wildman–Crippen LogP) is 2.69. The highest BCUT2D eigenvalue weighted by atomic mass is 16.5. The third-order valence-electron chi connectivity index (χ3n) is 2.47. The van der Waals surface area contributed by atoms with Crippen molar-refractivity contribution in [1.82, 2.24) is 9.97 Å². The fraction of sp³-hybridized carbons (Fsp3) is 0.692. The minimum Gasteiger partial charge on any atom is -0.479 e. The maximum absolute atomic E-state index is 5.95. The molecular formula is C13H24N4O. The Kier molecular flexibility index (Phi) is 4.04. The highest BCUT2D eigenvalue weighted by molar-refractivity contribution is 5.67. The molecule has 5 heteroatoms. The lowest BCUT2D eigenvalue weighted by atomic mass is 9.82. The number of nitrogens with zero attached hydrogens (tertiary/aromatic N) is 2. The first-order valence-electron chi connectivity index (χ1n) is 6.07. The van der Waals surface area contributed by atoms with Crippen LogP contribution in [0.15, 0.2) is 6.33 Å². The molecule has 0 aliphatic carbocycles. The van der Waals surface area contributed by atoms with Gasteiger partial charge in [0.1, 0.15) is 12.0 Å². The van der Waals surface area contributed by atoms with E-state index in [9.17, 15) is 0 Å². The van der Waals surface area contributed by atoms with Gasteiger partial charge in [-0.25, -0.2) is 4.98 Å². The summed E-state index contributed by atoms with van der Waals surface area (Å²) in [5, 5.41) is 3.36. The van der Waals surface area contributed by atoms with Gasteiger partial charge in [0.2, 0.25) is 5.88 Å². The van der Waals surface area contributed by atoms with Crippen LogP contribution >= 0.6 is 0 Å². The van der Waals surface area contributed by atoms with E-state index in [4.69, 9.17) is 10.5 Å². The minimum atomic E-state index is -0.105. The van der Waals surface area contributed by atoms with E-state index < -0.39 is 0 Å². The molecule has 0 atom stereocenters. The monoisotopic (exact) mass is 252 g/mol. The maximum Gasteiger partial charge on any atom is 0.242 e. The van der Waals surface area contributed by atoms with Gasteiger partial charge in [0.25, 0.3) is 0 Å². The lowest BCUT2D eigenvalue weighted by Crippen LogP contribution is -2.36. The average Bonchev–Trinajstić information content (AvgIpc) is 2.17. The molecule has 0 aromatic carbocycles. The largest absolute Gasteiger partial charge is 0.479 e. The van der Waals surface area contributed by atoms with Crippen molar-refractivity contribution >= 4 is 11.5 Å². The molecular weight excluding hydrogens is 228 g/mol. The Balaban J connectivity index is 2.90. The van der Waals surface area contributed by atoms with Crippen LogP contribution in [0.2, 0.25) is 0 Å². The van der Waals surface area contributed by atoms with Crippen LogP contribution in [0.25, 0.3) is 0 Å². The van der Waals surface area contributed by atoms with Crippen molar-refractivity contribution in [3.63, 3.8) is 0 Å². The highest BCUT2D eigenvalue weighted by Gasteiger charge is 2.26. The molecule has 1 heterocycles. The first kappa shape index (κ1) is 14.5. The van der Waals surface area contributed by atoms with Crippen LogP contribution in [0.3, 0.4) is 0 Å². The second-order valence-electron chi connectivity index (χ2n) is 6.39. The minimum absolute atomic E-state index is 0.105. The number of hydrogen-bond acceptors (Lipinski definition) is 5. The van der Waals surface area contributed by atoms with Crippen LogP contribution < -0.4 is 15.8 Å². The molecule has 0 radical (unpaired) electrons. The normalized spacial score (nSPS) is 12.3. The highest BCUT2D eigenvalue weighted by Crippen LogP contribution is 2.32. The third kappa shape index (κ3) is 4.05. The Morgan fingerprint density at radius 3 is 2.33 bits per heavy atom. The molecule has 102 valence electrons. The molecule has 1 aromatic heterocycles. The molecule has 1 rings (SSSR count). The van der Waals surface area contributed by atoms with Crippen molar-refractivity contribution in [2.24, 2.45) is 5.41 Å². The van der Waals surface area contributed by atoms with E-state index in [1.54, 1.807) is 7.11 Å². The molecule has 0 aliphatic rings. The number of aromatic nitrogens is 2. The van der Waals surface area contributed by atoms with Gasteiger partial charge in [-0.1, -0.05) is 20.8 Å². The third-order valence-corrected chi connectivity index (χ3v) is 2.47. The Bertz CT molecular complexity index is 410. The number of methoxy groups -OCH3 is 1. The quantitative estimate of drug-likeness (QED) is 0.862. The smallest absolute Gasteiger partial charge is 0.242 e. The fourth-order valence-electron chi connectivity index (χ4n) is 2.33. The molecule has 0 unspecified atom stereocenters. The zero-order chi connectivity index (χ0) is 14.0. The standard InChI is InChI=1S/C13H24N4O/c1-12(2,3)7-13(4,5)17-10-9(14)11(18-6)16-8-15-10/h8H,7,14H2,1-6H3,(H,15,16,17). The number of ether oxygens (including phenoxy) is 1. The molecule has 0 aliphatic heterocycles. The Morgan fingerprint density at radius 2 is 1.83 bits per heavy atom. The first-order chi connectivity index (χ1) is 8.14. The lowest BCUT2D eigenvalue weighted by Gasteiger charge is -2.34. The second-order valence-corrected chi connectivity index (χ2v) is 6.39. The number of nitrogen functional groups attached to an aromatic ring is 1. The van der Waals surface area contributed by atoms with E-state index in [1.165, 1.54) is 6.33 Å². The zero-order valence-corrected chi connectivity index (χ0v) is 12.2. The molecule has 0 spiro atoms. The molecule has 5 nitrogen and oxygen atoms in total. The van der Waals surface area contributed by atoms with E-state index in [0.717, 1.165) is 6.42 Å². The summed E-state index contributed by atoms with van der Waals surface area (Å²) in [6.07, 6.45) is 2.44. The van der Waals surface area contributed by atoms with Crippen LogP contribution in [0.4, 0.5) is 11.5 Å². The molecule has 0 bridgehead atoms. The number of rotatable bonds is 4. The van der Waals surface area contributed by atoms with Gasteiger partial charge in [-0.3, -0.25) is 0 Å². The fourth-order valence-corrected chi connectivity index (χ4v) is 2.33. The van der Waals surface area contributed by atoms with Gasteiger partial charge in [0.05, 0.1) is 7.11 Å². The summed E-state index contributed by atoms with van der Waals surface area (Å²) in [4.78, 5) is 8.14. The number of hydrogen-bond donors (Lipinski definition) is 2. The van der Waals surface area contributed by atoms with Crippen LogP contribution in [-0.4, -0.2) is 22.6 Å². The molecule has 0 saturated heterocycles. The molecule has 3 N–H and O–H groups in total. The Labute approximate surface area is 109 Å². The van der Waals surface area contributed by atoms with Crippen molar-refractivity contribution in [2.45, 2.75) is 46.6 Å². The van der Waals surface area contributed by atoms with Crippen LogP contribution in [0.5, 0.6) is 5.88 Å². The maximum atomic E-state index is 5.95. The first-order valence-corrected chi connectivity index (χ1v) is 6.07. The van der Waals surface area contributed by atoms with E-state index in [-0.39, 0.29) is 11.0 Å². The molecule has 0 saturated carbocycles. The van der Waals surface area contributed by atoms with Crippen LogP contribution in [0.1, 0.15) is 41.0 Å². The summed E-state index contributed by atoms with van der Waals surface area (Å²) in [6.45, 7) is 10.9. The second kappa shape index (κ2) is 5.00. The van der Waals surface area contributed by atoms with Crippen LogP contribution in [-0.2, 0) is 0 Å². The van der Waals surface area contributed by atoms with Crippen molar-refractivity contribution in [3.05, 3.63) is 6.33 Å². The molecule has 18 heavy (non-hydrogen) atoms. The molecule has 1 aromatic rings. The van der Waals surface area contributed by atoms with Gasteiger partial charge in [-0.2, -0.15) is 4.98 Å². The van der Waals surface area contributed by atoms with Gasteiger partial charge in [-0.15, -0.1) is 0 Å².